The van der Waals surface area contributed by atoms with Gasteiger partial charge in [-0.1, -0.05) is 23.2 Å². The van der Waals surface area contributed by atoms with Gasteiger partial charge in [-0.05, 0) is 12.1 Å². The van der Waals surface area contributed by atoms with Gasteiger partial charge in [-0.25, -0.2) is 0 Å². The Hall–Kier alpha value is -1.72. The average molecular weight is 314 g/mol. The molecule has 5 nitrogen and oxygen atoms in total. The van der Waals surface area contributed by atoms with Gasteiger partial charge in [-0.2, -0.15) is 5.10 Å². The van der Waals surface area contributed by atoms with Crippen molar-refractivity contribution in [2.45, 2.75) is 6.54 Å². The van der Waals surface area contributed by atoms with Crippen LogP contribution in [0.3, 0.4) is 0 Å². The van der Waals surface area contributed by atoms with Crippen molar-refractivity contribution in [3.63, 3.8) is 0 Å². The molecule has 2 aromatic rings. The van der Waals surface area contributed by atoms with Gasteiger partial charge in [0.1, 0.15) is 5.75 Å². The molecule has 0 saturated carbocycles. The van der Waals surface area contributed by atoms with E-state index in [-0.39, 0.29) is 12.5 Å². The van der Waals surface area contributed by atoms with Crippen molar-refractivity contribution < 1.29 is 9.53 Å². The number of likely N-dealkylation sites (N-methyl/N-ethyl adjacent to an activating group) is 1. The van der Waals surface area contributed by atoms with E-state index in [1.54, 1.807) is 42.5 Å². The molecule has 0 saturated heterocycles. The maximum absolute atomic E-state index is 11.9. The van der Waals surface area contributed by atoms with Gasteiger partial charge in [0.15, 0.2) is 6.61 Å². The molecule has 0 aliphatic heterocycles. The SMILES string of the molecule is CN(Cc1cn[nH]c1)C(=O)COc1cc(Cl)ccc1Cl. The van der Waals surface area contributed by atoms with E-state index in [4.69, 9.17) is 27.9 Å². The lowest BCUT2D eigenvalue weighted by atomic mass is 10.3. The maximum atomic E-state index is 11.9. The molecule has 7 heteroatoms. The summed E-state index contributed by atoms with van der Waals surface area (Å²) < 4.78 is 5.39. The third-order valence-corrected chi connectivity index (χ3v) is 3.19. The number of carbonyl (C=O) groups excluding carboxylic acids is 1. The number of amides is 1. The number of nitrogens with zero attached hydrogens (tertiary/aromatic N) is 2. The van der Waals surface area contributed by atoms with Crippen LogP contribution in [-0.4, -0.2) is 34.7 Å². The summed E-state index contributed by atoms with van der Waals surface area (Å²) in [6.45, 7) is 0.358. The van der Waals surface area contributed by atoms with E-state index in [1.807, 2.05) is 0 Å². The van der Waals surface area contributed by atoms with Crippen molar-refractivity contribution in [2.24, 2.45) is 0 Å². The van der Waals surface area contributed by atoms with Gasteiger partial charge >= 0.3 is 0 Å². The third-order valence-electron chi connectivity index (χ3n) is 2.64. The number of hydrogen-bond acceptors (Lipinski definition) is 3. The zero-order valence-corrected chi connectivity index (χ0v) is 12.3. The zero-order valence-electron chi connectivity index (χ0n) is 10.8. The monoisotopic (exact) mass is 313 g/mol. The van der Waals surface area contributed by atoms with Gasteiger partial charge in [0.25, 0.3) is 5.91 Å². The summed E-state index contributed by atoms with van der Waals surface area (Å²) >= 11 is 11.8. The van der Waals surface area contributed by atoms with Crippen LogP contribution in [0.5, 0.6) is 5.75 Å². The first-order valence-electron chi connectivity index (χ1n) is 5.85. The number of halogens is 2. The van der Waals surface area contributed by atoms with Gasteiger partial charge < -0.3 is 9.64 Å². The van der Waals surface area contributed by atoms with Crippen molar-refractivity contribution in [2.75, 3.05) is 13.7 Å². The Morgan fingerprint density at radius 1 is 1.45 bits per heavy atom. The Morgan fingerprint density at radius 3 is 2.95 bits per heavy atom. The molecule has 1 aromatic carbocycles. The van der Waals surface area contributed by atoms with E-state index in [0.717, 1.165) is 5.56 Å². The standard InChI is InChI=1S/C13H13Cl2N3O2/c1-18(7-9-5-16-17-6-9)13(19)8-20-12-4-10(14)2-3-11(12)15/h2-6H,7-8H2,1H3,(H,16,17). The molecule has 106 valence electrons. The fraction of sp³-hybridized carbons (Fsp3) is 0.231. The number of benzene rings is 1. The number of nitrogens with one attached hydrogen (secondary N) is 1. The van der Waals surface area contributed by atoms with Gasteiger partial charge in [-0.3, -0.25) is 9.89 Å². The maximum Gasteiger partial charge on any atom is 0.260 e. The fourth-order valence-electron chi connectivity index (χ4n) is 1.56. The van der Waals surface area contributed by atoms with E-state index in [2.05, 4.69) is 10.2 Å². The Kier molecular flexibility index (Phi) is 4.87. The van der Waals surface area contributed by atoms with Gasteiger partial charge in [0, 0.05) is 36.4 Å². The van der Waals surface area contributed by atoms with E-state index < -0.39 is 0 Å². The average Bonchev–Trinajstić information content (AvgIpc) is 2.92. The largest absolute Gasteiger partial charge is 0.482 e. The summed E-state index contributed by atoms with van der Waals surface area (Å²) in [5.41, 5.74) is 0.918. The predicted molar refractivity (Wildman–Crippen MR) is 77.0 cm³/mol. The van der Waals surface area contributed by atoms with Crippen LogP contribution in [0.15, 0.2) is 30.6 Å². The molecule has 0 aliphatic carbocycles. The second-order valence-electron chi connectivity index (χ2n) is 4.22. The highest BCUT2D eigenvalue weighted by Crippen LogP contribution is 2.27. The molecule has 0 bridgehead atoms. The van der Waals surface area contributed by atoms with Crippen LogP contribution in [-0.2, 0) is 11.3 Å². The zero-order chi connectivity index (χ0) is 14.5. The molecule has 1 amide bonds. The lowest BCUT2D eigenvalue weighted by molar-refractivity contribution is -0.132. The first-order chi connectivity index (χ1) is 9.56. The molecule has 20 heavy (non-hydrogen) atoms. The number of ether oxygens (including phenoxy) is 1. The van der Waals surface area contributed by atoms with Crippen molar-refractivity contribution in [1.29, 1.82) is 0 Å². The number of rotatable bonds is 5. The normalized spacial score (nSPS) is 10.3. The van der Waals surface area contributed by atoms with E-state index >= 15 is 0 Å². The van der Waals surface area contributed by atoms with Gasteiger partial charge in [0.2, 0.25) is 0 Å². The summed E-state index contributed by atoms with van der Waals surface area (Å²) in [7, 11) is 1.69. The molecule has 0 spiro atoms. The van der Waals surface area contributed by atoms with Crippen LogP contribution in [0, 0.1) is 0 Å². The molecular weight excluding hydrogens is 301 g/mol. The molecule has 0 fully saturated rings. The Labute approximate surface area is 126 Å². The summed E-state index contributed by atoms with van der Waals surface area (Å²) in [4.78, 5) is 13.5. The number of aromatic amines is 1. The number of H-pyrrole nitrogens is 1. The minimum absolute atomic E-state index is 0.103. The number of aromatic nitrogens is 2. The van der Waals surface area contributed by atoms with Crippen LogP contribution in [0.2, 0.25) is 10.0 Å². The first-order valence-corrected chi connectivity index (χ1v) is 6.61. The quantitative estimate of drug-likeness (QED) is 0.923. The van der Waals surface area contributed by atoms with E-state index in [0.29, 0.717) is 22.3 Å². The molecule has 1 N–H and O–H groups in total. The molecule has 1 heterocycles. The molecule has 1 aromatic heterocycles. The number of carbonyl (C=O) groups is 1. The van der Waals surface area contributed by atoms with Crippen LogP contribution in [0.25, 0.3) is 0 Å². The topological polar surface area (TPSA) is 58.2 Å². The summed E-state index contributed by atoms with van der Waals surface area (Å²) in [5, 5.41) is 7.44. The van der Waals surface area contributed by atoms with Gasteiger partial charge in [0.05, 0.1) is 11.2 Å². The number of hydrogen-bond donors (Lipinski definition) is 1. The Bertz CT molecular complexity index is 587. The summed E-state index contributed by atoms with van der Waals surface area (Å²) in [5.74, 6) is 0.228. The molecule has 0 unspecified atom stereocenters. The highest BCUT2D eigenvalue weighted by atomic mass is 35.5. The lowest BCUT2D eigenvalue weighted by Gasteiger charge is -2.16. The van der Waals surface area contributed by atoms with E-state index in [1.165, 1.54) is 0 Å². The molecule has 0 aliphatic rings. The van der Waals surface area contributed by atoms with E-state index in [9.17, 15) is 4.79 Å². The van der Waals surface area contributed by atoms with Crippen molar-refractivity contribution >= 4 is 29.1 Å². The molecule has 0 atom stereocenters. The molecular formula is C13H13Cl2N3O2. The summed E-state index contributed by atoms with van der Waals surface area (Å²) in [6.07, 6.45) is 3.40. The molecule has 2 rings (SSSR count). The first kappa shape index (κ1) is 14.7. The van der Waals surface area contributed by atoms with Crippen molar-refractivity contribution in [1.82, 2.24) is 15.1 Å². The Balaban J connectivity index is 1.89. The minimum Gasteiger partial charge on any atom is -0.482 e. The van der Waals surface area contributed by atoms with Gasteiger partial charge in [-0.15, -0.1) is 0 Å². The Morgan fingerprint density at radius 2 is 2.25 bits per heavy atom. The van der Waals surface area contributed by atoms with Crippen molar-refractivity contribution in [3.05, 3.63) is 46.2 Å². The van der Waals surface area contributed by atoms with Crippen LogP contribution >= 0.6 is 23.2 Å². The fourth-order valence-corrected chi connectivity index (χ4v) is 1.90. The smallest absolute Gasteiger partial charge is 0.260 e. The minimum atomic E-state index is -0.165. The second-order valence-corrected chi connectivity index (χ2v) is 5.06. The lowest BCUT2D eigenvalue weighted by Crippen LogP contribution is -2.30. The highest BCUT2D eigenvalue weighted by molar-refractivity contribution is 6.34. The predicted octanol–water partition coefficient (Wildman–Crippen LogP) is 2.75. The highest BCUT2D eigenvalue weighted by Gasteiger charge is 2.12. The van der Waals surface area contributed by atoms with Crippen LogP contribution in [0.4, 0.5) is 0 Å². The molecule has 0 radical (unpaired) electrons. The third kappa shape index (κ3) is 3.88. The van der Waals surface area contributed by atoms with Crippen LogP contribution in [0.1, 0.15) is 5.56 Å². The summed E-state index contributed by atoms with van der Waals surface area (Å²) in [6, 6.07) is 4.86. The van der Waals surface area contributed by atoms with Crippen LogP contribution < -0.4 is 4.74 Å². The second kappa shape index (κ2) is 6.63. The van der Waals surface area contributed by atoms with Crippen molar-refractivity contribution in [3.8, 4) is 5.75 Å².